The Hall–Kier alpha value is -0.480. The monoisotopic (exact) mass is 360 g/mol. The molecule has 0 spiro atoms. The highest BCUT2D eigenvalue weighted by Gasteiger charge is 2.46. The molecule has 1 saturated heterocycles. The normalized spacial score (nSPS) is 37.5. The van der Waals surface area contributed by atoms with E-state index in [1.165, 1.54) is 0 Å². The van der Waals surface area contributed by atoms with E-state index in [1.807, 2.05) is 0 Å². The highest BCUT2D eigenvalue weighted by atomic mass is 16.8. The maximum absolute atomic E-state index is 9.71. The summed E-state index contributed by atoms with van der Waals surface area (Å²) in [5, 5.41) is 94.1. The Bertz CT molecular complexity index is 368. The lowest BCUT2D eigenvalue weighted by Crippen LogP contribution is -2.60. The van der Waals surface area contributed by atoms with Gasteiger partial charge in [0, 0.05) is 0 Å². The second-order valence-corrected chi connectivity index (χ2v) is 5.45. The van der Waals surface area contributed by atoms with Crippen LogP contribution in [0.4, 0.5) is 0 Å². The van der Waals surface area contributed by atoms with Gasteiger partial charge in [0.25, 0.3) is 0 Å². The first-order valence-corrected chi connectivity index (χ1v) is 7.12. The molecule has 12 nitrogen and oxygen atoms in total. The van der Waals surface area contributed by atoms with Crippen LogP contribution in [0.2, 0.25) is 0 Å². The van der Waals surface area contributed by atoms with Crippen LogP contribution in [0, 0.1) is 0 Å². The molecule has 1 aliphatic heterocycles. The molecule has 1 rings (SSSR count). The van der Waals surface area contributed by atoms with Crippen molar-refractivity contribution in [3.63, 3.8) is 0 Å². The van der Waals surface area contributed by atoms with E-state index in [0.29, 0.717) is 0 Å². The fourth-order valence-corrected chi connectivity index (χ4v) is 2.10. The smallest absolute Gasteiger partial charge is 0.189 e. The van der Waals surface area contributed by atoms with Gasteiger partial charge >= 0.3 is 0 Å². The molecule has 2 unspecified atom stereocenters. The fraction of sp³-hybridized carbons (Fsp3) is 1.00. The standard InChI is InChI=1S/C12H24O12/c13-1-3(15)5(16)7(18)9(20)11(22)24-12-10(21)8(19)6(17)4(2-14)23-12/h3-22H,1-2H2/t3-,4-,5-,6-,7+,8+,9+,10+,11?,12?/m1/s1. The molecule has 0 aromatic carbocycles. The molecule has 12 heteroatoms. The van der Waals surface area contributed by atoms with Gasteiger partial charge in [0.2, 0.25) is 0 Å². The molecule has 1 aliphatic rings. The number of hydrogen-bond donors (Lipinski definition) is 10. The van der Waals surface area contributed by atoms with Crippen LogP contribution in [0.15, 0.2) is 0 Å². The number of hydrogen-bond acceptors (Lipinski definition) is 12. The molecule has 10 N–H and O–H groups in total. The van der Waals surface area contributed by atoms with Gasteiger partial charge in [0.05, 0.1) is 13.2 Å². The first kappa shape index (κ1) is 21.6. The van der Waals surface area contributed by atoms with Crippen molar-refractivity contribution in [2.75, 3.05) is 13.2 Å². The van der Waals surface area contributed by atoms with Crippen molar-refractivity contribution in [1.82, 2.24) is 0 Å². The first-order chi connectivity index (χ1) is 11.1. The van der Waals surface area contributed by atoms with Crippen LogP contribution < -0.4 is 0 Å². The number of aliphatic hydroxyl groups is 10. The van der Waals surface area contributed by atoms with E-state index < -0.39 is 74.6 Å². The van der Waals surface area contributed by atoms with Gasteiger partial charge < -0.3 is 60.5 Å². The Kier molecular flexibility index (Phi) is 8.34. The van der Waals surface area contributed by atoms with Crippen molar-refractivity contribution in [2.45, 2.75) is 61.4 Å². The summed E-state index contributed by atoms with van der Waals surface area (Å²) < 4.78 is 9.66. The van der Waals surface area contributed by atoms with Gasteiger partial charge in [-0.1, -0.05) is 0 Å². The molecule has 0 aromatic rings. The minimum atomic E-state index is -2.25. The maximum Gasteiger partial charge on any atom is 0.189 e. The minimum absolute atomic E-state index is 0.743. The average molecular weight is 360 g/mol. The Morgan fingerprint density at radius 3 is 1.88 bits per heavy atom. The Morgan fingerprint density at radius 1 is 0.792 bits per heavy atom. The Balaban J connectivity index is 2.69. The van der Waals surface area contributed by atoms with Gasteiger partial charge in [-0.15, -0.1) is 0 Å². The molecule has 0 aliphatic carbocycles. The fourth-order valence-electron chi connectivity index (χ4n) is 2.10. The number of aliphatic hydroxyl groups excluding tert-OH is 10. The summed E-state index contributed by atoms with van der Waals surface area (Å²) in [4.78, 5) is 0. The Labute approximate surface area is 136 Å². The van der Waals surface area contributed by atoms with Crippen molar-refractivity contribution >= 4 is 0 Å². The van der Waals surface area contributed by atoms with E-state index in [0.717, 1.165) is 0 Å². The lowest BCUT2D eigenvalue weighted by atomic mass is 9.99. The van der Waals surface area contributed by atoms with Gasteiger partial charge in [0.15, 0.2) is 12.6 Å². The number of rotatable bonds is 8. The number of ether oxygens (including phenoxy) is 2. The summed E-state index contributed by atoms with van der Waals surface area (Å²) in [6, 6.07) is 0. The van der Waals surface area contributed by atoms with E-state index >= 15 is 0 Å². The van der Waals surface area contributed by atoms with Gasteiger partial charge in [-0.05, 0) is 0 Å². The van der Waals surface area contributed by atoms with Crippen molar-refractivity contribution < 1.29 is 60.5 Å². The van der Waals surface area contributed by atoms with Crippen molar-refractivity contribution in [2.24, 2.45) is 0 Å². The first-order valence-electron chi connectivity index (χ1n) is 7.12. The highest BCUT2D eigenvalue weighted by Crippen LogP contribution is 2.23. The van der Waals surface area contributed by atoms with E-state index in [9.17, 15) is 40.9 Å². The molecule has 144 valence electrons. The zero-order valence-corrected chi connectivity index (χ0v) is 12.5. The van der Waals surface area contributed by atoms with Gasteiger partial charge in [-0.25, -0.2) is 0 Å². The van der Waals surface area contributed by atoms with Gasteiger partial charge in [-0.3, -0.25) is 0 Å². The molecular weight excluding hydrogens is 336 g/mol. The van der Waals surface area contributed by atoms with E-state index in [1.54, 1.807) is 0 Å². The van der Waals surface area contributed by atoms with Crippen molar-refractivity contribution in [3.05, 3.63) is 0 Å². The van der Waals surface area contributed by atoms with Crippen LogP contribution in [0.3, 0.4) is 0 Å². The van der Waals surface area contributed by atoms with E-state index in [-0.39, 0.29) is 0 Å². The summed E-state index contributed by atoms with van der Waals surface area (Å²) in [6.45, 7) is -1.66. The van der Waals surface area contributed by atoms with E-state index in [2.05, 4.69) is 0 Å². The predicted molar refractivity (Wildman–Crippen MR) is 72.0 cm³/mol. The third-order valence-corrected chi connectivity index (χ3v) is 3.70. The third-order valence-electron chi connectivity index (χ3n) is 3.70. The molecular formula is C12H24O12. The summed E-state index contributed by atoms with van der Waals surface area (Å²) in [6.07, 6.45) is -18.8. The lowest BCUT2D eigenvalue weighted by Gasteiger charge is -2.41. The van der Waals surface area contributed by atoms with Crippen molar-refractivity contribution in [1.29, 1.82) is 0 Å². The third kappa shape index (κ3) is 4.78. The molecule has 24 heavy (non-hydrogen) atoms. The molecule has 0 bridgehead atoms. The van der Waals surface area contributed by atoms with Crippen LogP contribution in [-0.4, -0.2) is 126 Å². The van der Waals surface area contributed by atoms with Gasteiger partial charge in [-0.2, -0.15) is 0 Å². The topological polar surface area (TPSA) is 221 Å². The van der Waals surface area contributed by atoms with E-state index in [4.69, 9.17) is 19.7 Å². The second kappa shape index (κ2) is 9.28. The summed E-state index contributed by atoms with van der Waals surface area (Å²) in [5.74, 6) is 0. The average Bonchev–Trinajstić information content (AvgIpc) is 2.59. The van der Waals surface area contributed by atoms with Crippen molar-refractivity contribution in [3.8, 4) is 0 Å². The summed E-state index contributed by atoms with van der Waals surface area (Å²) >= 11 is 0. The van der Waals surface area contributed by atoms with Crippen LogP contribution in [0.5, 0.6) is 0 Å². The zero-order chi connectivity index (χ0) is 18.6. The maximum atomic E-state index is 9.71. The molecule has 0 saturated carbocycles. The molecule has 0 radical (unpaired) electrons. The molecule has 1 heterocycles. The summed E-state index contributed by atoms with van der Waals surface area (Å²) in [7, 11) is 0. The zero-order valence-electron chi connectivity index (χ0n) is 12.5. The SMILES string of the molecule is OC[C@@H](O)[C@@H](O)[C@H](O)[C@H](O)C(O)OC1O[C@H](CO)[C@@H](O)[C@H](O)[C@@H]1O. The highest BCUT2D eigenvalue weighted by molar-refractivity contribution is 4.89. The van der Waals surface area contributed by atoms with Gasteiger partial charge in [0.1, 0.15) is 48.8 Å². The minimum Gasteiger partial charge on any atom is -0.394 e. The van der Waals surface area contributed by atoms with Crippen LogP contribution in [-0.2, 0) is 9.47 Å². The molecule has 1 fully saturated rings. The Morgan fingerprint density at radius 2 is 1.38 bits per heavy atom. The largest absolute Gasteiger partial charge is 0.394 e. The van der Waals surface area contributed by atoms with Crippen LogP contribution in [0.25, 0.3) is 0 Å². The quantitative estimate of drug-likeness (QED) is 0.183. The van der Waals surface area contributed by atoms with Crippen LogP contribution in [0.1, 0.15) is 0 Å². The molecule has 10 atom stereocenters. The van der Waals surface area contributed by atoms with Crippen LogP contribution >= 0.6 is 0 Å². The summed E-state index contributed by atoms with van der Waals surface area (Å²) in [5.41, 5.74) is 0. The molecule has 0 amide bonds. The lowest BCUT2D eigenvalue weighted by molar-refractivity contribution is -0.346. The second-order valence-electron chi connectivity index (χ2n) is 5.45. The molecule has 0 aromatic heterocycles. The predicted octanol–water partition coefficient (Wildman–Crippen LogP) is -6.44.